The van der Waals surface area contributed by atoms with E-state index in [9.17, 15) is 0 Å². The number of ether oxygens (including phenoxy) is 1. The fraction of sp³-hybridized carbons (Fsp3) is 0.250. The summed E-state index contributed by atoms with van der Waals surface area (Å²) >= 11 is 13.7. The summed E-state index contributed by atoms with van der Waals surface area (Å²) in [7, 11) is 0. The van der Waals surface area contributed by atoms with Gasteiger partial charge in [-0.15, -0.1) is 11.6 Å². The van der Waals surface area contributed by atoms with Crippen molar-refractivity contribution in [2.45, 2.75) is 18.2 Å². The first-order chi connectivity index (χ1) is 9.65. The second kappa shape index (κ2) is 6.08. The number of fused-ring (bicyclic) bond motifs is 1. The number of alkyl halides is 1. The topological polar surface area (TPSA) is 9.23 Å². The molecular weight excluding hydrogens is 403 g/mol. The van der Waals surface area contributed by atoms with Gasteiger partial charge >= 0.3 is 0 Å². The van der Waals surface area contributed by atoms with Crippen molar-refractivity contribution < 1.29 is 4.74 Å². The summed E-state index contributed by atoms with van der Waals surface area (Å²) in [5.41, 5.74) is 3.43. The van der Waals surface area contributed by atoms with Crippen molar-refractivity contribution in [1.82, 2.24) is 0 Å². The van der Waals surface area contributed by atoms with Crippen molar-refractivity contribution in [2.75, 3.05) is 6.61 Å². The highest BCUT2D eigenvalue weighted by Crippen LogP contribution is 2.37. The van der Waals surface area contributed by atoms with Gasteiger partial charge in [0.1, 0.15) is 5.75 Å². The molecule has 0 radical (unpaired) electrons. The van der Waals surface area contributed by atoms with Crippen molar-refractivity contribution in [3.8, 4) is 5.75 Å². The minimum absolute atomic E-state index is 0.172. The van der Waals surface area contributed by atoms with E-state index < -0.39 is 0 Å². The number of hydrogen-bond acceptors (Lipinski definition) is 1. The number of hydrogen-bond donors (Lipinski definition) is 0. The van der Waals surface area contributed by atoms with Gasteiger partial charge in [-0.3, -0.25) is 0 Å². The summed E-state index contributed by atoms with van der Waals surface area (Å²) in [5, 5.41) is -0.172. The average Bonchev–Trinajstić information content (AvgIpc) is 2.48. The van der Waals surface area contributed by atoms with E-state index >= 15 is 0 Å². The zero-order valence-electron chi connectivity index (χ0n) is 10.7. The lowest BCUT2D eigenvalue weighted by Gasteiger charge is -2.20. The zero-order valence-corrected chi connectivity index (χ0v) is 14.6. The Morgan fingerprint density at radius 2 is 1.95 bits per heavy atom. The van der Waals surface area contributed by atoms with Gasteiger partial charge in [-0.05, 0) is 53.8 Å². The monoisotopic (exact) mass is 414 g/mol. The Hall–Kier alpha value is -0.510. The van der Waals surface area contributed by atoms with E-state index in [2.05, 4.69) is 50.1 Å². The standard InChI is InChI=1S/C16H13Br2ClO/c17-12-4-5-14(18)13(9-12)16(19)11-3-6-15-10(8-11)2-1-7-20-15/h3-6,8-9,16H,1-2,7H2. The van der Waals surface area contributed by atoms with Gasteiger partial charge in [-0.2, -0.15) is 0 Å². The first kappa shape index (κ1) is 14.4. The van der Waals surface area contributed by atoms with Crippen LogP contribution in [0.4, 0.5) is 0 Å². The molecule has 0 bridgehead atoms. The molecule has 3 rings (SSSR count). The average molecular weight is 417 g/mol. The van der Waals surface area contributed by atoms with Crippen LogP contribution in [0.25, 0.3) is 0 Å². The summed E-state index contributed by atoms with van der Waals surface area (Å²) in [6.07, 6.45) is 2.14. The maximum absolute atomic E-state index is 6.66. The summed E-state index contributed by atoms with van der Waals surface area (Å²) in [5.74, 6) is 0.997. The molecule has 0 amide bonds. The Balaban J connectivity index is 1.97. The van der Waals surface area contributed by atoms with Gasteiger partial charge in [-0.25, -0.2) is 0 Å². The lowest BCUT2D eigenvalue weighted by molar-refractivity contribution is 0.288. The van der Waals surface area contributed by atoms with Gasteiger partial charge < -0.3 is 4.74 Å². The largest absolute Gasteiger partial charge is 0.493 e. The lowest BCUT2D eigenvalue weighted by Crippen LogP contribution is -2.09. The molecular formula is C16H13Br2ClO. The van der Waals surface area contributed by atoms with Crippen molar-refractivity contribution in [3.05, 3.63) is 62.0 Å². The second-order valence-corrected chi connectivity index (χ2v) is 7.05. The highest BCUT2D eigenvalue weighted by Gasteiger charge is 2.17. The fourth-order valence-electron chi connectivity index (χ4n) is 2.43. The third-order valence-electron chi connectivity index (χ3n) is 3.46. The molecule has 20 heavy (non-hydrogen) atoms. The van der Waals surface area contributed by atoms with E-state index in [-0.39, 0.29) is 5.38 Å². The summed E-state index contributed by atoms with van der Waals surface area (Å²) in [6.45, 7) is 0.813. The molecule has 0 aromatic heterocycles. The number of halogens is 3. The van der Waals surface area contributed by atoms with Crippen LogP contribution < -0.4 is 4.74 Å². The van der Waals surface area contributed by atoms with Crippen molar-refractivity contribution >= 4 is 43.5 Å². The first-order valence-corrected chi connectivity index (χ1v) is 8.52. The molecule has 1 unspecified atom stereocenters. The van der Waals surface area contributed by atoms with E-state index in [1.807, 2.05) is 18.2 Å². The Morgan fingerprint density at radius 1 is 1.10 bits per heavy atom. The van der Waals surface area contributed by atoms with Crippen LogP contribution >= 0.6 is 43.5 Å². The molecule has 1 heterocycles. The number of rotatable bonds is 2. The van der Waals surface area contributed by atoms with Crippen LogP contribution in [0.1, 0.15) is 28.5 Å². The molecule has 0 fully saturated rings. The van der Waals surface area contributed by atoms with Crippen LogP contribution in [-0.4, -0.2) is 6.61 Å². The maximum Gasteiger partial charge on any atom is 0.122 e. The molecule has 1 nitrogen and oxygen atoms in total. The Labute approximate surface area is 140 Å². The van der Waals surface area contributed by atoms with E-state index in [4.69, 9.17) is 16.3 Å². The zero-order chi connectivity index (χ0) is 14.1. The third-order valence-corrected chi connectivity index (χ3v) is 5.16. The van der Waals surface area contributed by atoms with Gasteiger partial charge in [0.05, 0.1) is 12.0 Å². The molecule has 2 aromatic carbocycles. The molecule has 1 atom stereocenters. The van der Waals surface area contributed by atoms with Gasteiger partial charge in [0.15, 0.2) is 0 Å². The predicted molar refractivity (Wildman–Crippen MR) is 89.8 cm³/mol. The van der Waals surface area contributed by atoms with Crippen molar-refractivity contribution in [3.63, 3.8) is 0 Å². The van der Waals surface area contributed by atoms with Crippen LogP contribution in [0, 0.1) is 0 Å². The molecule has 0 N–H and O–H groups in total. The third kappa shape index (κ3) is 2.90. The molecule has 0 spiro atoms. The summed E-state index contributed by atoms with van der Waals surface area (Å²) in [4.78, 5) is 0. The first-order valence-electron chi connectivity index (χ1n) is 6.50. The Bertz CT molecular complexity index is 642. The summed E-state index contributed by atoms with van der Waals surface area (Å²) < 4.78 is 7.70. The highest BCUT2D eigenvalue weighted by atomic mass is 79.9. The highest BCUT2D eigenvalue weighted by molar-refractivity contribution is 9.11. The normalized spacial score (nSPS) is 15.3. The fourth-order valence-corrected chi connectivity index (χ4v) is 3.73. The van der Waals surface area contributed by atoms with Gasteiger partial charge in [0, 0.05) is 8.95 Å². The lowest BCUT2D eigenvalue weighted by atomic mass is 9.98. The molecule has 4 heteroatoms. The van der Waals surface area contributed by atoms with E-state index in [0.717, 1.165) is 45.3 Å². The van der Waals surface area contributed by atoms with Gasteiger partial charge in [0.2, 0.25) is 0 Å². The SMILES string of the molecule is ClC(c1ccc2c(c1)CCCO2)c1cc(Br)ccc1Br. The molecule has 1 aliphatic heterocycles. The quantitative estimate of drug-likeness (QED) is 0.557. The van der Waals surface area contributed by atoms with E-state index in [0.29, 0.717) is 0 Å². The number of aryl methyl sites for hydroxylation is 1. The van der Waals surface area contributed by atoms with Crippen LogP contribution in [0.2, 0.25) is 0 Å². The van der Waals surface area contributed by atoms with Crippen LogP contribution in [-0.2, 0) is 6.42 Å². The minimum Gasteiger partial charge on any atom is -0.493 e. The summed E-state index contributed by atoms with van der Waals surface area (Å²) in [6, 6.07) is 12.3. The molecule has 0 saturated carbocycles. The molecule has 0 aliphatic carbocycles. The number of benzene rings is 2. The van der Waals surface area contributed by atoms with Crippen LogP contribution in [0.5, 0.6) is 5.75 Å². The van der Waals surface area contributed by atoms with Crippen molar-refractivity contribution in [2.24, 2.45) is 0 Å². The van der Waals surface area contributed by atoms with Crippen LogP contribution in [0.15, 0.2) is 45.3 Å². The second-order valence-electron chi connectivity index (χ2n) is 4.85. The molecule has 104 valence electrons. The van der Waals surface area contributed by atoms with Gasteiger partial charge in [-0.1, -0.05) is 44.0 Å². The van der Waals surface area contributed by atoms with Crippen LogP contribution in [0.3, 0.4) is 0 Å². The minimum atomic E-state index is -0.172. The smallest absolute Gasteiger partial charge is 0.122 e. The molecule has 0 saturated heterocycles. The maximum atomic E-state index is 6.66. The predicted octanol–water partition coefficient (Wildman–Crippen LogP) is 5.86. The van der Waals surface area contributed by atoms with E-state index in [1.54, 1.807) is 0 Å². The molecule has 1 aliphatic rings. The Kier molecular flexibility index (Phi) is 4.39. The Morgan fingerprint density at radius 3 is 2.80 bits per heavy atom. The van der Waals surface area contributed by atoms with Gasteiger partial charge in [0.25, 0.3) is 0 Å². The molecule has 2 aromatic rings. The van der Waals surface area contributed by atoms with E-state index in [1.165, 1.54) is 5.56 Å². The van der Waals surface area contributed by atoms with Crippen molar-refractivity contribution in [1.29, 1.82) is 0 Å².